The quantitative estimate of drug-likeness (QED) is 0.819. The molecule has 6 heteroatoms. The van der Waals surface area contributed by atoms with E-state index in [-0.39, 0.29) is 17.2 Å². The van der Waals surface area contributed by atoms with Gasteiger partial charge in [0.2, 0.25) is 5.91 Å². The number of halogens is 2. The highest BCUT2D eigenvalue weighted by Gasteiger charge is 2.18. The van der Waals surface area contributed by atoms with Crippen LogP contribution in [0.4, 0.5) is 14.5 Å². The number of ether oxygens (including phenoxy) is 1. The van der Waals surface area contributed by atoms with Gasteiger partial charge in [-0.1, -0.05) is 12.1 Å². The topological polar surface area (TPSA) is 38.3 Å². The summed E-state index contributed by atoms with van der Waals surface area (Å²) in [5.74, 6) is -0.822. The number of rotatable bonds is 6. The van der Waals surface area contributed by atoms with Crippen molar-refractivity contribution in [2.75, 3.05) is 18.2 Å². The van der Waals surface area contributed by atoms with Crippen LogP contribution in [0.25, 0.3) is 0 Å². The van der Waals surface area contributed by atoms with Gasteiger partial charge in [0, 0.05) is 10.8 Å². The molecule has 0 bridgehead atoms. The van der Waals surface area contributed by atoms with Crippen LogP contribution in [0.2, 0.25) is 0 Å². The highest BCUT2D eigenvalue weighted by molar-refractivity contribution is 8.00. The standard InChI is InChI=1S/C18H19F2NO2S/c1-11-7-8-16(23-3)15(9-11)21-17(22)10-24-12(2)18-13(19)5-4-6-14(18)20/h4-9,12H,10H2,1-3H3,(H,21,22). The van der Waals surface area contributed by atoms with Crippen LogP contribution < -0.4 is 10.1 Å². The molecule has 0 fully saturated rings. The largest absolute Gasteiger partial charge is 0.495 e. The molecule has 0 saturated heterocycles. The summed E-state index contributed by atoms with van der Waals surface area (Å²) in [7, 11) is 1.53. The number of thioether (sulfide) groups is 1. The first-order valence-corrected chi connectivity index (χ1v) is 8.47. The van der Waals surface area contributed by atoms with Crippen LogP contribution in [0.1, 0.15) is 23.3 Å². The Kier molecular flexibility index (Phi) is 6.20. The molecular weight excluding hydrogens is 332 g/mol. The molecule has 0 aliphatic carbocycles. The van der Waals surface area contributed by atoms with Crippen LogP contribution in [0.5, 0.6) is 5.75 Å². The van der Waals surface area contributed by atoms with Crippen LogP contribution in [0.15, 0.2) is 36.4 Å². The fourth-order valence-corrected chi connectivity index (χ4v) is 3.15. The van der Waals surface area contributed by atoms with Gasteiger partial charge in [-0.3, -0.25) is 4.79 Å². The van der Waals surface area contributed by atoms with E-state index in [9.17, 15) is 13.6 Å². The molecule has 1 unspecified atom stereocenters. The van der Waals surface area contributed by atoms with Gasteiger partial charge in [-0.25, -0.2) is 8.78 Å². The van der Waals surface area contributed by atoms with Gasteiger partial charge in [0.15, 0.2) is 0 Å². The minimum absolute atomic E-state index is 0.0107. The maximum atomic E-state index is 13.7. The van der Waals surface area contributed by atoms with Crippen LogP contribution >= 0.6 is 11.8 Å². The third kappa shape index (κ3) is 4.47. The van der Waals surface area contributed by atoms with E-state index in [1.807, 2.05) is 13.0 Å². The van der Waals surface area contributed by atoms with Crippen molar-refractivity contribution in [3.05, 3.63) is 59.2 Å². The zero-order chi connectivity index (χ0) is 17.7. The molecule has 24 heavy (non-hydrogen) atoms. The molecule has 3 nitrogen and oxygen atoms in total. The number of methoxy groups -OCH3 is 1. The fraction of sp³-hybridized carbons (Fsp3) is 0.278. The Morgan fingerprint density at radius 2 is 1.92 bits per heavy atom. The predicted molar refractivity (Wildman–Crippen MR) is 93.6 cm³/mol. The molecule has 2 aromatic carbocycles. The van der Waals surface area contributed by atoms with Crippen molar-refractivity contribution in [1.82, 2.24) is 0 Å². The Morgan fingerprint density at radius 1 is 1.25 bits per heavy atom. The van der Waals surface area contributed by atoms with E-state index in [0.717, 1.165) is 5.56 Å². The maximum Gasteiger partial charge on any atom is 0.234 e. The summed E-state index contributed by atoms with van der Waals surface area (Å²) in [6, 6.07) is 9.21. The van der Waals surface area contributed by atoms with Crippen molar-refractivity contribution >= 4 is 23.4 Å². The fourth-order valence-electron chi connectivity index (χ4n) is 2.29. The SMILES string of the molecule is COc1ccc(C)cc1NC(=O)CSC(C)c1c(F)cccc1F. The number of amides is 1. The number of nitrogens with one attached hydrogen (secondary N) is 1. The lowest BCUT2D eigenvalue weighted by Gasteiger charge is -2.14. The van der Waals surface area contributed by atoms with Gasteiger partial charge in [0.25, 0.3) is 0 Å². The Hall–Kier alpha value is -2.08. The molecule has 1 atom stereocenters. The molecule has 2 aromatic rings. The smallest absolute Gasteiger partial charge is 0.234 e. The van der Waals surface area contributed by atoms with Gasteiger partial charge < -0.3 is 10.1 Å². The van der Waals surface area contributed by atoms with E-state index < -0.39 is 16.9 Å². The number of hydrogen-bond acceptors (Lipinski definition) is 3. The molecule has 0 spiro atoms. The van der Waals surface area contributed by atoms with Crippen LogP contribution in [0.3, 0.4) is 0 Å². The zero-order valence-corrected chi connectivity index (χ0v) is 14.5. The molecular formula is C18H19F2NO2S. The summed E-state index contributed by atoms with van der Waals surface area (Å²) in [6.45, 7) is 3.58. The number of benzene rings is 2. The summed E-state index contributed by atoms with van der Waals surface area (Å²) >= 11 is 1.17. The number of aryl methyl sites for hydroxylation is 1. The Labute approximate surface area is 144 Å². The third-order valence-corrected chi connectivity index (χ3v) is 4.66. The highest BCUT2D eigenvalue weighted by Crippen LogP contribution is 2.32. The van der Waals surface area contributed by atoms with Crippen molar-refractivity contribution in [2.24, 2.45) is 0 Å². The molecule has 2 rings (SSSR count). The summed E-state index contributed by atoms with van der Waals surface area (Å²) in [5.41, 5.74) is 1.55. The first-order chi connectivity index (χ1) is 11.4. The van der Waals surface area contributed by atoms with Gasteiger partial charge in [-0.15, -0.1) is 11.8 Å². The van der Waals surface area contributed by atoms with Crippen LogP contribution in [-0.4, -0.2) is 18.8 Å². The molecule has 0 aliphatic heterocycles. The highest BCUT2D eigenvalue weighted by atomic mass is 32.2. The summed E-state index contributed by atoms with van der Waals surface area (Å²) in [5, 5.41) is 2.29. The Morgan fingerprint density at radius 3 is 2.54 bits per heavy atom. The zero-order valence-electron chi connectivity index (χ0n) is 13.7. The normalized spacial score (nSPS) is 11.9. The summed E-state index contributed by atoms with van der Waals surface area (Å²) in [4.78, 5) is 12.1. The lowest BCUT2D eigenvalue weighted by atomic mass is 10.1. The van der Waals surface area contributed by atoms with E-state index in [0.29, 0.717) is 11.4 Å². The maximum absolute atomic E-state index is 13.7. The Bertz CT molecular complexity index is 717. The molecule has 0 aliphatic rings. The minimum Gasteiger partial charge on any atom is -0.495 e. The van der Waals surface area contributed by atoms with Crippen molar-refractivity contribution in [2.45, 2.75) is 19.1 Å². The van der Waals surface area contributed by atoms with Gasteiger partial charge in [-0.05, 0) is 43.7 Å². The number of carbonyl (C=O) groups is 1. The molecule has 0 saturated carbocycles. The first kappa shape index (κ1) is 18.3. The first-order valence-electron chi connectivity index (χ1n) is 7.42. The second-order valence-electron chi connectivity index (χ2n) is 5.34. The monoisotopic (exact) mass is 351 g/mol. The average Bonchev–Trinajstić information content (AvgIpc) is 2.53. The Balaban J connectivity index is 2.00. The molecule has 1 amide bonds. The second-order valence-corrected chi connectivity index (χ2v) is 6.67. The molecule has 0 heterocycles. The van der Waals surface area contributed by atoms with E-state index in [1.54, 1.807) is 19.1 Å². The van der Waals surface area contributed by atoms with E-state index in [4.69, 9.17) is 4.74 Å². The lowest BCUT2D eigenvalue weighted by Crippen LogP contribution is -2.15. The predicted octanol–water partition coefficient (Wildman–Crippen LogP) is 4.71. The van der Waals surface area contributed by atoms with Crippen molar-refractivity contribution in [1.29, 1.82) is 0 Å². The van der Waals surface area contributed by atoms with Crippen molar-refractivity contribution in [3.8, 4) is 5.75 Å². The van der Waals surface area contributed by atoms with Gasteiger partial charge >= 0.3 is 0 Å². The second kappa shape index (κ2) is 8.15. The van der Waals surface area contributed by atoms with Gasteiger partial charge in [-0.2, -0.15) is 0 Å². The molecule has 0 aromatic heterocycles. The number of hydrogen-bond donors (Lipinski definition) is 1. The third-order valence-electron chi connectivity index (χ3n) is 3.50. The summed E-state index contributed by atoms with van der Waals surface area (Å²) in [6.07, 6.45) is 0. The van der Waals surface area contributed by atoms with E-state index >= 15 is 0 Å². The van der Waals surface area contributed by atoms with Crippen LogP contribution in [-0.2, 0) is 4.79 Å². The average molecular weight is 351 g/mol. The van der Waals surface area contributed by atoms with Gasteiger partial charge in [0.1, 0.15) is 17.4 Å². The number of carbonyl (C=O) groups excluding carboxylic acids is 1. The summed E-state index contributed by atoms with van der Waals surface area (Å²) < 4.78 is 32.7. The number of anilines is 1. The molecule has 1 N–H and O–H groups in total. The van der Waals surface area contributed by atoms with Crippen molar-refractivity contribution < 1.29 is 18.3 Å². The van der Waals surface area contributed by atoms with E-state index in [1.165, 1.54) is 37.1 Å². The lowest BCUT2D eigenvalue weighted by molar-refractivity contribution is -0.113. The molecule has 0 radical (unpaired) electrons. The molecule has 128 valence electrons. The minimum atomic E-state index is -0.601. The van der Waals surface area contributed by atoms with Crippen LogP contribution in [0, 0.1) is 18.6 Å². The van der Waals surface area contributed by atoms with Gasteiger partial charge in [0.05, 0.1) is 18.6 Å². The van der Waals surface area contributed by atoms with E-state index in [2.05, 4.69) is 5.32 Å². The van der Waals surface area contributed by atoms with Crippen molar-refractivity contribution in [3.63, 3.8) is 0 Å².